The van der Waals surface area contributed by atoms with Crippen molar-refractivity contribution in [3.63, 3.8) is 0 Å². The number of nitrogens with two attached hydrogens (primary N) is 1. The number of fused-ring (bicyclic) bond motifs is 1. The third-order valence-corrected chi connectivity index (χ3v) is 6.07. The summed E-state index contributed by atoms with van der Waals surface area (Å²) in [6.45, 7) is 3.79. The fourth-order valence-corrected chi connectivity index (χ4v) is 4.35. The Labute approximate surface area is 217 Å². The molecule has 14 heteroatoms. The summed E-state index contributed by atoms with van der Waals surface area (Å²) in [6.07, 6.45) is -3.71. The van der Waals surface area contributed by atoms with Crippen LogP contribution in [0.5, 0.6) is 0 Å². The summed E-state index contributed by atoms with van der Waals surface area (Å²) in [6, 6.07) is 7.47. The highest BCUT2D eigenvalue weighted by molar-refractivity contribution is 5.75. The zero-order chi connectivity index (χ0) is 28.1. The van der Waals surface area contributed by atoms with Gasteiger partial charge in [-0.25, -0.2) is 4.52 Å². The van der Waals surface area contributed by atoms with Crippen LogP contribution in [-0.2, 0) is 12.4 Å². The van der Waals surface area contributed by atoms with Gasteiger partial charge in [-0.15, -0.1) is 5.10 Å². The van der Waals surface area contributed by atoms with Gasteiger partial charge >= 0.3 is 12.4 Å². The molecule has 0 saturated carbocycles. The molecule has 0 radical (unpaired) electrons. The van der Waals surface area contributed by atoms with E-state index in [0.717, 1.165) is 18.3 Å². The van der Waals surface area contributed by atoms with Gasteiger partial charge in [0.2, 0.25) is 5.95 Å². The second-order valence-corrected chi connectivity index (χ2v) is 9.17. The average Bonchev–Trinajstić information content (AvgIpc) is 3.49. The van der Waals surface area contributed by atoms with Crippen LogP contribution < -0.4 is 5.73 Å². The number of rotatable bonds is 5. The maximum Gasteiger partial charge on any atom is 0.433 e. The summed E-state index contributed by atoms with van der Waals surface area (Å²) in [7, 11) is 0. The van der Waals surface area contributed by atoms with E-state index < -0.39 is 29.8 Å². The summed E-state index contributed by atoms with van der Waals surface area (Å²) >= 11 is 0. The lowest BCUT2D eigenvalue weighted by Crippen LogP contribution is -2.18. The van der Waals surface area contributed by atoms with Crippen LogP contribution >= 0.6 is 0 Å². The third kappa shape index (κ3) is 5.13. The monoisotopic (exact) mass is 546 g/mol. The number of nitrogen functional groups attached to an aromatic ring is 1. The number of hydrogen-bond donors (Lipinski definition) is 1. The lowest BCUT2D eigenvalue weighted by molar-refractivity contribution is -0.141. The van der Waals surface area contributed by atoms with Crippen LogP contribution in [0.25, 0.3) is 28.0 Å². The van der Waals surface area contributed by atoms with Crippen molar-refractivity contribution in [2.45, 2.75) is 32.2 Å². The number of anilines is 1. The SMILES string of the molecule is CC(C)C(c1ccc(C(F)(F)F)nc1)n1cc(-c2cc(-c3ccnc(C(F)(F)F)c3)n3nc(N)nc3c2)cn1. The van der Waals surface area contributed by atoms with Crippen LogP contribution in [-0.4, -0.2) is 34.3 Å². The first kappa shape index (κ1) is 26.1. The van der Waals surface area contributed by atoms with Gasteiger partial charge in [0.25, 0.3) is 0 Å². The number of aromatic nitrogens is 7. The molecule has 0 amide bonds. The minimum atomic E-state index is -4.64. The molecule has 8 nitrogen and oxygen atoms in total. The Morgan fingerprint density at radius 1 is 0.821 bits per heavy atom. The number of pyridine rings is 3. The van der Waals surface area contributed by atoms with E-state index in [9.17, 15) is 26.3 Å². The quantitative estimate of drug-likeness (QED) is 0.275. The molecule has 202 valence electrons. The Morgan fingerprint density at radius 3 is 2.21 bits per heavy atom. The van der Waals surface area contributed by atoms with Gasteiger partial charge in [-0.1, -0.05) is 19.9 Å². The van der Waals surface area contributed by atoms with Crippen LogP contribution in [0.3, 0.4) is 0 Å². The molecule has 5 aromatic rings. The average molecular weight is 546 g/mol. The van der Waals surface area contributed by atoms with Crippen molar-refractivity contribution in [3.05, 3.63) is 78.1 Å². The molecule has 0 aliphatic carbocycles. The van der Waals surface area contributed by atoms with Gasteiger partial charge in [0.05, 0.1) is 17.9 Å². The molecule has 0 aliphatic heterocycles. The smallest absolute Gasteiger partial charge is 0.366 e. The molecule has 0 saturated heterocycles. The van der Waals surface area contributed by atoms with E-state index in [1.54, 1.807) is 29.2 Å². The summed E-state index contributed by atoms with van der Waals surface area (Å²) in [5.74, 6) is -0.132. The van der Waals surface area contributed by atoms with Crippen LogP contribution in [0.15, 0.2) is 61.2 Å². The third-order valence-electron chi connectivity index (χ3n) is 6.07. The Balaban J connectivity index is 1.58. The van der Waals surface area contributed by atoms with Crippen molar-refractivity contribution in [1.82, 2.24) is 34.3 Å². The van der Waals surface area contributed by atoms with Gasteiger partial charge in [-0.2, -0.15) is 36.4 Å². The molecular weight excluding hydrogens is 526 g/mol. The van der Waals surface area contributed by atoms with Crippen molar-refractivity contribution < 1.29 is 26.3 Å². The summed E-state index contributed by atoms with van der Waals surface area (Å²) < 4.78 is 81.9. The summed E-state index contributed by atoms with van der Waals surface area (Å²) in [4.78, 5) is 11.1. The highest BCUT2D eigenvalue weighted by Crippen LogP contribution is 2.34. The van der Waals surface area contributed by atoms with Crippen molar-refractivity contribution in [2.75, 3.05) is 5.73 Å². The lowest BCUT2D eigenvalue weighted by atomic mass is 9.97. The highest BCUT2D eigenvalue weighted by Gasteiger charge is 2.33. The van der Waals surface area contributed by atoms with Crippen LogP contribution in [0.1, 0.15) is 36.8 Å². The molecule has 0 aromatic carbocycles. The Morgan fingerprint density at radius 2 is 1.56 bits per heavy atom. The first-order chi connectivity index (χ1) is 18.3. The van der Waals surface area contributed by atoms with E-state index in [1.165, 1.54) is 22.8 Å². The number of nitrogens with zero attached hydrogens (tertiary/aromatic N) is 7. The standard InChI is InChI=1S/C25H20F6N8/c1-13(2)22(15-3-4-19(34-10-15)24(26,27)28)38-12-17(11-35-38)16-7-18(39-21(9-16)36-23(32)37-39)14-5-6-33-20(8-14)25(29,30)31/h3-13,22H,1-2H3,(H2,32,37). The van der Waals surface area contributed by atoms with Crippen LogP contribution in [0.2, 0.25) is 0 Å². The minimum absolute atomic E-state index is 0.0659. The van der Waals surface area contributed by atoms with E-state index >= 15 is 0 Å². The van der Waals surface area contributed by atoms with E-state index in [2.05, 4.69) is 25.1 Å². The summed E-state index contributed by atoms with van der Waals surface area (Å²) in [5.41, 5.74) is 6.19. The first-order valence-corrected chi connectivity index (χ1v) is 11.6. The van der Waals surface area contributed by atoms with Crippen LogP contribution in [0, 0.1) is 5.92 Å². The number of halogens is 6. The molecule has 1 unspecified atom stereocenters. The van der Waals surface area contributed by atoms with E-state index in [0.29, 0.717) is 28.0 Å². The molecule has 0 aliphatic rings. The molecule has 0 fully saturated rings. The van der Waals surface area contributed by atoms with Gasteiger partial charge in [-0.05, 0) is 47.4 Å². The van der Waals surface area contributed by atoms with Crippen molar-refractivity contribution in [2.24, 2.45) is 5.92 Å². The second kappa shape index (κ2) is 9.36. The molecule has 2 N–H and O–H groups in total. The minimum Gasteiger partial charge on any atom is -0.366 e. The zero-order valence-corrected chi connectivity index (χ0v) is 20.4. The molecule has 39 heavy (non-hydrogen) atoms. The molecular formula is C25H20F6N8. The number of alkyl halides is 6. The number of hydrogen-bond acceptors (Lipinski definition) is 6. The Hall–Kier alpha value is -4.49. The molecule has 5 heterocycles. The second-order valence-electron chi connectivity index (χ2n) is 9.17. The lowest BCUT2D eigenvalue weighted by Gasteiger charge is -2.22. The van der Waals surface area contributed by atoms with Gasteiger partial charge in [0.1, 0.15) is 11.4 Å². The molecule has 5 rings (SSSR count). The maximum absolute atomic E-state index is 13.3. The molecule has 0 bridgehead atoms. The van der Waals surface area contributed by atoms with E-state index in [-0.39, 0.29) is 17.4 Å². The van der Waals surface area contributed by atoms with Gasteiger partial charge in [-0.3, -0.25) is 14.6 Å². The predicted molar refractivity (Wildman–Crippen MR) is 129 cm³/mol. The van der Waals surface area contributed by atoms with Gasteiger partial charge in [0.15, 0.2) is 5.65 Å². The van der Waals surface area contributed by atoms with Crippen LogP contribution in [0.4, 0.5) is 32.3 Å². The summed E-state index contributed by atoms with van der Waals surface area (Å²) in [5, 5.41) is 8.55. The normalized spacial score (nSPS) is 13.4. The Kier molecular flexibility index (Phi) is 6.27. The Bertz CT molecular complexity index is 1630. The maximum atomic E-state index is 13.3. The van der Waals surface area contributed by atoms with Crippen molar-refractivity contribution >= 4 is 11.6 Å². The fraction of sp³-hybridized carbons (Fsp3) is 0.240. The fourth-order valence-electron chi connectivity index (χ4n) is 4.35. The predicted octanol–water partition coefficient (Wildman–Crippen LogP) is 5.92. The molecule has 1 atom stereocenters. The van der Waals surface area contributed by atoms with E-state index in [4.69, 9.17) is 5.73 Å². The molecule has 0 spiro atoms. The van der Waals surface area contributed by atoms with Crippen molar-refractivity contribution in [1.29, 1.82) is 0 Å². The highest BCUT2D eigenvalue weighted by atomic mass is 19.4. The topological polar surface area (TPSA) is 99.8 Å². The molecule has 5 aromatic heterocycles. The zero-order valence-electron chi connectivity index (χ0n) is 20.4. The van der Waals surface area contributed by atoms with E-state index in [1.807, 2.05) is 13.8 Å². The largest absolute Gasteiger partial charge is 0.433 e. The van der Waals surface area contributed by atoms with Gasteiger partial charge < -0.3 is 5.73 Å². The first-order valence-electron chi connectivity index (χ1n) is 11.6. The van der Waals surface area contributed by atoms with Crippen molar-refractivity contribution in [3.8, 4) is 22.4 Å². The van der Waals surface area contributed by atoms with Gasteiger partial charge in [0, 0.05) is 29.7 Å².